The van der Waals surface area contributed by atoms with E-state index >= 15 is 0 Å². The minimum atomic E-state index is 0.0306. The summed E-state index contributed by atoms with van der Waals surface area (Å²) in [7, 11) is 0. The zero-order valence-corrected chi connectivity index (χ0v) is 15.2. The van der Waals surface area contributed by atoms with Crippen LogP contribution in [-0.2, 0) is 4.74 Å². The van der Waals surface area contributed by atoms with Gasteiger partial charge in [-0.25, -0.2) is 4.79 Å². The molecule has 130 valence electrons. The van der Waals surface area contributed by atoms with E-state index in [2.05, 4.69) is 45.3 Å². The summed E-state index contributed by atoms with van der Waals surface area (Å²) in [6.45, 7) is 12.4. The smallest absolute Gasteiger partial charge is 0.315 e. The van der Waals surface area contributed by atoms with Gasteiger partial charge < -0.3 is 15.4 Å². The van der Waals surface area contributed by atoms with Gasteiger partial charge in [0, 0.05) is 30.0 Å². The van der Waals surface area contributed by atoms with Crippen molar-refractivity contribution in [2.24, 2.45) is 28.1 Å². The van der Waals surface area contributed by atoms with Crippen LogP contribution >= 0.6 is 0 Å². The Morgan fingerprint density at radius 2 is 1.83 bits per heavy atom. The van der Waals surface area contributed by atoms with Crippen molar-refractivity contribution in [1.29, 1.82) is 0 Å². The van der Waals surface area contributed by atoms with Crippen molar-refractivity contribution in [2.75, 3.05) is 6.61 Å². The molecule has 0 spiro atoms. The van der Waals surface area contributed by atoms with Gasteiger partial charge in [-0.15, -0.1) is 0 Å². The Hall–Kier alpha value is -0.770. The third-order valence-electron chi connectivity index (χ3n) is 8.49. The molecule has 23 heavy (non-hydrogen) atoms. The van der Waals surface area contributed by atoms with Crippen LogP contribution in [0.1, 0.15) is 60.3 Å². The second-order valence-electron chi connectivity index (χ2n) is 9.82. The number of hydrogen-bond donors (Lipinski definition) is 2. The number of rotatable bonds is 2. The molecule has 0 aromatic carbocycles. The first-order valence-corrected chi connectivity index (χ1v) is 9.36. The summed E-state index contributed by atoms with van der Waals surface area (Å²) in [5.74, 6) is 1.26. The first kappa shape index (κ1) is 15.7. The predicted octanol–water partition coefficient (Wildman–Crippen LogP) is 3.31. The molecule has 0 aromatic rings. The Kier molecular flexibility index (Phi) is 3.18. The van der Waals surface area contributed by atoms with E-state index < -0.39 is 0 Å². The Morgan fingerprint density at radius 1 is 1.09 bits per heavy atom. The van der Waals surface area contributed by atoms with E-state index in [0.29, 0.717) is 23.5 Å². The average Bonchev–Trinajstić information content (AvgIpc) is 3.06. The SMILES string of the molecule is CC1(C)[C@H](NC(=O)N[C@@H]2C[C@H]3CC[C@@]2(C)C3(C)C)[C@H]2CCO[C@H]21. The van der Waals surface area contributed by atoms with Crippen molar-refractivity contribution in [3.8, 4) is 0 Å². The first-order chi connectivity index (χ1) is 10.7. The van der Waals surface area contributed by atoms with Gasteiger partial charge in [0.1, 0.15) is 0 Å². The van der Waals surface area contributed by atoms with Crippen molar-refractivity contribution in [3.63, 3.8) is 0 Å². The summed E-state index contributed by atoms with van der Waals surface area (Å²) in [6, 6.07) is 0.590. The quantitative estimate of drug-likeness (QED) is 0.820. The lowest BCUT2D eigenvalue weighted by Crippen LogP contribution is -2.68. The Bertz CT molecular complexity index is 529. The van der Waals surface area contributed by atoms with Crippen LogP contribution < -0.4 is 10.6 Å². The fourth-order valence-electron chi connectivity index (χ4n) is 6.38. The topological polar surface area (TPSA) is 50.4 Å². The van der Waals surface area contributed by atoms with Gasteiger partial charge in [0.15, 0.2) is 0 Å². The predicted molar refractivity (Wildman–Crippen MR) is 90.1 cm³/mol. The van der Waals surface area contributed by atoms with Gasteiger partial charge in [-0.1, -0.05) is 34.6 Å². The second-order valence-corrected chi connectivity index (χ2v) is 9.82. The second kappa shape index (κ2) is 4.65. The highest BCUT2D eigenvalue weighted by molar-refractivity contribution is 5.75. The number of carbonyl (C=O) groups excluding carboxylic acids is 1. The van der Waals surface area contributed by atoms with Gasteiger partial charge in [0.25, 0.3) is 0 Å². The van der Waals surface area contributed by atoms with Crippen molar-refractivity contribution in [2.45, 2.75) is 78.5 Å². The van der Waals surface area contributed by atoms with Crippen LogP contribution in [0, 0.1) is 28.1 Å². The summed E-state index contributed by atoms with van der Waals surface area (Å²) < 4.78 is 5.82. The first-order valence-electron chi connectivity index (χ1n) is 9.36. The third kappa shape index (κ3) is 1.90. The van der Waals surface area contributed by atoms with E-state index in [4.69, 9.17) is 4.74 Å². The Labute approximate surface area is 140 Å². The molecule has 4 heteroatoms. The highest BCUT2D eigenvalue weighted by atomic mass is 16.5. The average molecular weight is 320 g/mol. The number of carbonyl (C=O) groups is 1. The lowest BCUT2D eigenvalue weighted by molar-refractivity contribution is -0.108. The summed E-state index contributed by atoms with van der Waals surface area (Å²) in [5, 5.41) is 6.61. The molecule has 1 saturated heterocycles. The number of urea groups is 1. The van der Waals surface area contributed by atoms with E-state index in [9.17, 15) is 4.79 Å². The summed E-state index contributed by atoms with van der Waals surface area (Å²) in [4.78, 5) is 12.6. The molecule has 6 atom stereocenters. The fraction of sp³-hybridized carbons (Fsp3) is 0.947. The largest absolute Gasteiger partial charge is 0.377 e. The molecular weight excluding hydrogens is 288 g/mol. The summed E-state index contributed by atoms with van der Waals surface area (Å²) in [6.07, 6.45) is 5.10. The molecule has 0 unspecified atom stereocenters. The highest BCUT2D eigenvalue weighted by Crippen LogP contribution is 2.65. The van der Waals surface area contributed by atoms with Crippen LogP contribution in [0.25, 0.3) is 0 Å². The molecule has 4 fully saturated rings. The molecule has 2 N–H and O–H groups in total. The number of ether oxygens (including phenoxy) is 1. The normalized spacial score (nSPS) is 48.7. The van der Waals surface area contributed by atoms with E-state index in [1.807, 2.05) is 0 Å². The molecule has 1 heterocycles. The van der Waals surface area contributed by atoms with Crippen LogP contribution in [0.2, 0.25) is 0 Å². The van der Waals surface area contributed by atoms with Gasteiger partial charge in [-0.3, -0.25) is 0 Å². The van der Waals surface area contributed by atoms with Crippen molar-refractivity contribution >= 4 is 6.03 Å². The lowest BCUT2D eigenvalue weighted by Gasteiger charge is -2.54. The maximum absolute atomic E-state index is 12.6. The Balaban J connectivity index is 1.40. The standard InChI is InChI=1S/C19H32N2O2/c1-17(2)14(12-7-9-23-15(12)17)21-16(22)20-13-10-11-6-8-19(13,5)18(11,3)4/h11-15H,6-10H2,1-5H3,(H2,20,21,22)/t11-,12-,13-,14-,15-,19-/m1/s1. The highest BCUT2D eigenvalue weighted by Gasteiger charge is 2.62. The minimum absolute atomic E-state index is 0.0306. The van der Waals surface area contributed by atoms with Gasteiger partial charge in [0.05, 0.1) is 6.10 Å². The zero-order chi connectivity index (χ0) is 16.6. The molecule has 1 aliphatic heterocycles. The van der Waals surface area contributed by atoms with Gasteiger partial charge >= 0.3 is 6.03 Å². The summed E-state index contributed by atoms with van der Waals surface area (Å²) >= 11 is 0. The van der Waals surface area contributed by atoms with Crippen molar-refractivity contribution in [1.82, 2.24) is 10.6 Å². The molecule has 4 aliphatic rings. The molecule has 0 radical (unpaired) electrons. The third-order valence-corrected chi connectivity index (χ3v) is 8.49. The minimum Gasteiger partial charge on any atom is -0.377 e. The molecule has 3 saturated carbocycles. The molecular formula is C19H32N2O2. The lowest BCUT2D eigenvalue weighted by atomic mass is 9.57. The molecule has 3 aliphatic carbocycles. The van der Waals surface area contributed by atoms with E-state index in [1.165, 1.54) is 12.8 Å². The number of amides is 2. The van der Waals surface area contributed by atoms with Crippen LogP contribution in [0.5, 0.6) is 0 Å². The van der Waals surface area contributed by atoms with Crippen molar-refractivity contribution < 1.29 is 9.53 Å². The molecule has 4 rings (SSSR count). The maximum Gasteiger partial charge on any atom is 0.315 e. The van der Waals surface area contributed by atoms with Crippen LogP contribution in [0.3, 0.4) is 0 Å². The van der Waals surface area contributed by atoms with E-state index in [0.717, 1.165) is 25.4 Å². The van der Waals surface area contributed by atoms with E-state index in [1.54, 1.807) is 0 Å². The molecule has 2 bridgehead atoms. The fourth-order valence-corrected chi connectivity index (χ4v) is 6.38. The molecule has 4 nitrogen and oxygen atoms in total. The van der Waals surface area contributed by atoms with Crippen LogP contribution in [0.15, 0.2) is 0 Å². The van der Waals surface area contributed by atoms with Crippen molar-refractivity contribution in [3.05, 3.63) is 0 Å². The van der Waals surface area contributed by atoms with Gasteiger partial charge in [0.2, 0.25) is 0 Å². The van der Waals surface area contributed by atoms with Gasteiger partial charge in [-0.05, 0) is 42.4 Å². The summed E-state index contributed by atoms with van der Waals surface area (Å²) in [5.41, 5.74) is 0.630. The molecule has 0 aromatic heterocycles. The van der Waals surface area contributed by atoms with Gasteiger partial charge in [-0.2, -0.15) is 0 Å². The number of nitrogens with one attached hydrogen (secondary N) is 2. The number of hydrogen-bond acceptors (Lipinski definition) is 2. The molecule has 2 amide bonds. The maximum atomic E-state index is 12.6. The zero-order valence-electron chi connectivity index (χ0n) is 15.2. The number of fused-ring (bicyclic) bond motifs is 3. The van der Waals surface area contributed by atoms with Crippen LogP contribution in [-0.4, -0.2) is 30.8 Å². The Morgan fingerprint density at radius 3 is 2.43 bits per heavy atom. The van der Waals surface area contributed by atoms with E-state index in [-0.39, 0.29) is 22.9 Å². The van der Waals surface area contributed by atoms with Crippen LogP contribution in [0.4, 0.5) is 4.79 Å². The monoisotopic (exact) mass is 320 g/mol.